The van der Waals surface area contributed by atoms with E-state index in [1.165, 1.54) is 0 Å². The van der Waals surface area contributed by atoms with Crippen molar-refractivity contribution in [2.24, 2.45) is 0 Å². The van der Waals surface area contributed by atoms with Gasteiger partial charge in [-0.15, -0.1) is 0 Å². The molecule has 0 bridgehead atoms. The van der Waals surface area contributed by atoms with Gasteiger partial charge in [-0.25, -0.2) is 4.79 Å². The zero-order chi connectivity index (χ0) is 10.7. The Bertz CT molecular complexity index is 206. The van der Waals surface area contributed by atoms with Gasteiger partial charge in [-0.05, 0) is 0 Å². The van der Waals surface area contributed by atoms with Gasteiger partial charge in [-0.3, -0.25) is 0 Å². The van der Waals surface area contributed by atoms with E-state index >= 15 is 0 Å². The second-order valence-corrected chi connectivity index (χ2v) is 2.77. The number of hydrogen-bond donors (Lipinski definition) is 3. The molecule has 0 saturated carbocycles. The molecule has 7 heteroatoms. The molecular formula is C7H12O7. The summed E-state index contributed by atoms with van der Waals surface area (Å²) in [7, 11) is 1.10. The van der Waals surface area contributed by atoms with Crippen molar-refractivity contribution in [1.29, 1.82) is 0 Å². The molecule has 7 nitrogen and oxygen atoms in total. The minimum atomic E-state index is -1.46. The molecule has 1 saturated heterocycles. The van der Waals surface area contributed by atoms with Crippen LogP contribution in [0, 0.1) is 0 Å². The van der Waals surface area contributed by atoms with Crippen LogP contribution >= 0.6 is 0 Å². The maximum Gasteiger partial charge on any atom is 0.508 e. The quantitative estimate of drug-likeness (QED) is 0.460. The Kier molecular flexibility index (Phi) is 3.64. The lowest BCUT2D eigenvalue weighted by molar-refractivity contribution is -0.138. The highest BCUT2D eigenvalue weighted by Crippen LogP contribution is 2.22. The zero-order valence-electron chi connectivity index (χ0n) is 7.49. The molecule has 0 aromatic carbocycles. The Balaban J connectivity index is 2.56. The molecule has 0 radical (unpaired) electrons. The van der Waals surface area contributed by atoms with E-state index in [4.69, 9.17) is 9.84 Å². The summed E-state index contributed by atoms with van der Waals surface area (Å²) in [5, 5.41) is 27.3. The average molecular weight is 208 g/mol. The number of carbonyl (C=O) groups is 1. The molecule has 4 atom stereocenters. The number of hydrogen-bond acceptors (Lipinski definition) is 7. The second kappa shape index (κ2) is 4.56. The molecule has 0 aromatic heterocycles. The highest BCUT2D eigenvalue weighted by molar-refractivity contribution is 5.60. The van der Waals surface area contributed by atoms with E-state index in [2.05, 4.69) is 9.47 Å². The molecule has 0 spiro atoms. The van der Waals surface area contributed by atoms with Crippen LogP contribution < -0.4 is 0 Å². The van der Waals surface area contributed by atoms with Gasteiger partial charge < -0.3 is 29.5 Å². The van der Waals surface area contributed by atoms with Crippen molar-refractivity contribution in [2.45, 2.75) is 24.6 Å². The summed E-state index contributed by atoms with van der Waals surface area (Å²) in [6.07, 6.45) is -5.95. The molecule has 1 aliphatic heterocycles. The van der Waals surface area contributed by atoms with Gasteiger partial charge >= 0.3 is 6.16 Å². The fraction of sp³-hybridized carbons (Fsp3) is 0.857. The maximum atomic E-state index is 10.7. The third-order valence-corrected chi connectivity index (χ3v) is 1.89. The molecule has 0 amide bonds. The highest BCUT2D eigenvalue weighted by Gasteiger charge is 2.45. The Morgan fingerprint density at radius 2 is 2.14 bits per heavy atom. The van der Waals surface area contributed by atoms with Gasteiger partial charge in [0.2, 0.25) is 0 Å². The van der Waals surface area contributed by atoms with Crippen LogP contribution in [0.15, 0.2) is 0 Å². The molecule has 0 aliphatic carbocycles. The fourth-order valence-corrected chi connectivity index (χ4v) is 1.16. The summed E-state index contributed by atoms with van der Waals surface area (Å²) in [6, 6.07) is 0. The number of aliphatic hydroxyl groups is 3. The van der Waals surface area contributed by atoms with E-state index in [1.807, 2.05) is 0 Å². The summed E-state index contributed by atoms with van der Waals surface area (Å²) < 4.78 is 13.4. The van der Waals surface area contributed by atoms with Gasteiger partial charge in [0.1, 0.15) is 12.2 Å². The fourth-order valence-electron chi connectivity index (χ4n) is 1.16. The molecule has 0 aromatic rings. The number of methoxy groups -OCH3 is 1. The molecule has 1 heterocycles. The molecule has 14 heavy (non-hydrogen) atoms. The molecule has 1 fully saturated rings. The summed E-state index contributed by atoms with van der Waals surface area (Å²) in [5.41, 5.74) is 0. The van der Waals surface area contributed by atoms with Crippen molar-refractivity contribution in [3.63, 3.8) is 0 Å². The van der Waals surface area contributed by atoms with Crippen molar-refractivity contribution in [1.82, 2.24) is 0 Å². The normalized spacial score (nSPS) is 36.9. The lowest BCUT2D eigenvalue weighted by Crippen LogP contribution is -2.37. The van der Waals surface area contributed by atoms with Crippen molar-refractivity contribution < 1.29 is 34.3 Å². The van der Waals surface area contributed by atoms with E-state index in [-0.39, 0.29) is 0 Å². The van der Waals surface area contributed by atoms with Crippen molar-refractivity contribution >= 4 is 6.16 Å². The largest absolute Gasteiger partial charge is 0.508 e. The van der Waals surface area contributed by atoms with E-state index in [0.29, 0.717) is 0 Å². The van der Waals surface area contributed by atoms with Crippen LogP contribution in [-0.4, -0.2) is 59.8 Å². The summed E-state index contributed by atoms with van der Waals surface area (Å²) >= 11 is 0. The first-order valence-corrected chi connectivity index (χ1v) is 3.97. The van der Waals surface area contributed by atoms with Gasteiger partial charge in [-0.1, -0.05) is 0 Å². The van der Waals surface area contributed by atoms with Crippen LogP contribution in [-0.2, 0) is 14.2 Å². The van der Waals surface area contributed by atoms with Crippen LogP contribution in [0.3, 0.4) is 0 Å². The van der Waals surface area contributed by atoms with E-state index < -0.39 is 37.4 Å². The number of carbonyl (C=O) groups excluding carboxylic acids is 1. The maximum absolute atomic E-state index is 10.7. The van der Waals surface area contributed by atoms with Crippen LogP contribution in [0.5, 0.6) is 0 Å². The van der Waals surface area contributed by atoms with Gasteiger partial charge in [0.05, 0.1) is 13.7 Å². The zero-order valence-corrected chi connectivity index (χ0v) is 7.49. The smallest absolute Gasteiger partial charge is 0.438 e. The van der Waals surface area contributed by atoms with Crippen LogP contribution in [0.4, 0.5) is 4.79 Å². The Labute approximate surface area is 79.8 Å². The molecule has 1 aliphatic rings. The molecular weight excluding hydrogens is 196 g/mol. The third kappa shape index (κ3) is 2.13. The Morgan fingerprint density at radius 1 is 1.50 bits per heavy atom. The molecule has 82 valence electrons. The van der Waals surface area contributed by atoms with Gasteiger partial charge in [0, 0.05) is 0 Å². The SMILES string of the molecule is COC(=O)O[C@H]1C(O)O[C@H](CO)[C@@H]1O. The number of ether oxygens (including phenoxy) is 3. The minimum absolute atomic E-state index is 0.473. The lowest BCUT2D eigenvalue weighted by atomic mass is 10.1. The first-order chi connectivity index (χ1) is 6.60. The second-order valence-electron chi connectivity index (χ2n) is 2.77. The van der Waals surface area contributed by atoms with E-state index in [9.17, 15) is 15.0 Å². The van der Waals surface area contributed by atoms with Crippen LogP contribution in [0.1, 0.15) is 0 Å². The van der Waals surface area contributed by atoms with Crippen LogP contribution in [0.2, 0.25) is 0 Å². The van der Waals surface area contributed by atoms with Gasteiger partial charge in [0.15, 0.2) is 12.4 Å². The third-order valence-electron chi connectivity index (χ3n) is 1.89. The monoisotopic (exact) mass is 208 g/mol. The van der Waals surface area contributed by atoms with E-state index in [0.717, 1.165) is 7.11 Å². The van der Waals surface area contributed by atoms with Gasteiger partial charge in [0.25, 0.3) is 0 Å². The van der Waals surface area contributed by atoms with Crippen molar-refractivity contribution in [2.75, 3.05) is 13.7 Å². The average Bonchev–Trinajstić information content (AvgIpc) is 2.44. The predicted molar refractivity (Wildman–Crippen MR) is 41.3 cm³/mol. The minimum Gasteiger partial charge on any atom is -0.438 e. The van der Waals surface area contributed by atoms with Gasteiger partial charge in [-0.2, -0.15) is 0 Å². The van der Waals surface area contributed by atoms with E-state index in [1.54, 1.807) is 0 Å². The number of rotatable bonds is 2. The Hall–Kier alpha value is -0.890. The first kappa shape index (κ1) is 11.2. The summed E-state index contributed by atoms with van der Waals surface area (Å²) in [6.45, 7) is -0.473. The van der Waals surface area contributed by atoms with Crippen molar-refractivity contribution in [3.8, 4) is 0 Å². The van der Waals surface area contributed by atoms with Crippen molar-refractivity contribution in [3.05, 3.63) is 0 Å². The highest BCUT2D eigenvalue weighted by atomic mass is 16.7. The first-order valence-electron chi connectivity index (χ1n) is 3.97. The lowest BCUT2D eigenvalue weighted by Gasteiger charge is -2.16. The molecule has 1 unspecified atom stereocenters. The topological polar surface area (TPSA) is 105 Å². The molecule has 1 rings (SSSR count). The molecule has 3 N–H and O–H groups in total. The summed E-state index contributed by atoms with van der Waals surface area (Å²) in [5.74, 6) is 0. The Morgan fingerprint density at radius 3 is 2.57 bits per heavy atom. The summed E-state index contributed by atoms with van der Waals surface area (Å²) in [4.78, 5) is 10.7. The number of aliphatic hydroxyl groups excluding tert-OH is 3. The predicted octanol–water partition coefficient (Wildman–Crippen LogP) is -1.79. The standard InChI is InChI=1S/C7H12O7/c1-12-7(11)14-5-4(9)3(2-8)13-6(5)10/h3-6,8-10H,2H2,1H3/t3-,4+,5-,6?/m1/s1. The van der Waals surface area contributed by atoms with Crippen LogP contribution in [0.25, 0.3) is 0 Å².